The molecular weight excluding hydrogens is 395 g/mol. The van der Waals surface area contributed by atoms with Crippen LogP contribution in [0, 0.1) is 0 Å². The van der Waals surface area contributed by atoms with Crippen LogP contribution in [0.1, 0.15) is 25.6 Å². The number of aromatic nitrogens is 3. The van der Waals surface area contributed by atoms with E-state index >= 15 is 0 Å². The van der Waals surface area contributed by atoms with Crippen molar-refractivity contribution >= 4 is 29.9 Å². The van der Waals surface area contributed by atoms with Gasteiger partial charge in [-0.25, -0.2) is 4.98 Å². The summed E-state index contributed by atoms with van der Waals surface area (Å²) in [5, 5.41) is 13.6. The molecule has 0 amide bonds. The number of nitrogens with zero attached hydrogens (tertiary/aromatic N) is 3. The highest BCUT2D eigenvalue weighted by molar-refractivity contribution is 14.0. The van der Waals surface area contributed by atoms with Gasteiger partial charge < -0.3 is 15.1 Å². The third kappa shape index (κ3) is 5.66. The molecule has 2 aromatic heterocycles. The van der Waals surface area contributed by atoms with Gasteiger partial charge in [-0.15, -0.1) is 24.0 Å². The van der Waals surface area contributed by atoms with Crippen molar-refractivity contribution in [1.82, 2.24) is 25.8 Å². The standard InChI is InChI=1S/C14H22N6O.HI/c1-3-4-8-16-14(15-2)17-9-7-12-18-13(20-19-12)11-6-5-10-21-11;/h5-6,10H,3-4,7-9H2,1-2H3,(H2,15,16,17)(H,18,19,20);1H. The molecular formula is C14H23IN6O. The number of aliphatic imine (C=N–C) groups is 1. The Balaban J connectivity index is 0.00000242. The van der Waals surface area contributed by atoms with E-state index in [-0.39, 0.29) is 24.0 Å². The molecule has 22 heavy (non-hydrogen) atoms. The van der Waals surface area contributed by atoms with Crippen LogP contribution in [0.3, 0.4) is 0 Å². The molecule has 0 spiro atoms. The molecule has 0 bridgehead atoms. The van der Waals surface area contributed by atoms with Crippen LogP contribution in [0.15, 0.2) is 27.8 Å². The van der Waals surface area contributed by atoms with Gasteiger partial charge in [-0.3, -0.25) is 10.1 Å². The molecule has 3 N–H and O–H groups in total. The largest absolute Gasteiger partial charge is 0.461 e. The minimum absolute atomic E-state index is 0. The number of H-pyrrole nitrogens is 1. The molecule has 0 saturated carbocycles. The highest BCUT2D eigenvalue weighted by Gasteiger charge is 2.08. The highest BCUT2D eigenvalue weighted by Crippen LogP contribution is 2.14. The summed E-state index contributed by atoms with van der Waals surface area (Å²) >= 11 is 0. The highest BCUT2D eigenvalue weighted by atomic mass is 127. The third-order valence-electron chi connectivity index (χ3n) is 2.97. The van der Waals surface area contributed by atoms with Gasteiger partial charge in [0.15, 0.2) is 11.7 Å². The number of hydrogen-bond donors (Lipinski definition) is 3. The number of halogens is 1. The summed E-state index contributed by atoms with van der Waals surface area (Å²) in [6.45, 7) is 3.83. The Kier molecular flexibility index (Phi) is 8.56. The van der Waals surface area contributed by atoms with Crippen LogP contribution in [0.2, 0.25) is 0 Å². The van der Waals surface area contributed by atoms with Crippen LogP contribution >= 0.6 is 24.0 Å². The van der Waals surface area contributed by atoms with E-state index in [1.54, 1.807) is 13.3 Å². The van der Waals surface area contributed by atoms with Crippen LogP contribution < -0.4 is 10.6 Å². The van der Waals surface area contributed by atoms with Crippen molar-refractivity contribution in [1.29, 1.82) is 0 Å². The fourth-order valence-electron chi connectivity index (χ4n) is 1.83. The van der Waals surface area contributed by atoms with Gasteiger partial charge in [0, 0.05) is 26.6 Å². The zero-order chi connectivity index (χ0) is 14.9. The Morgan fingerprint density at radius 3 is 2.86 bits per heavy atom. The van der Waals surface area contributed by atoms with Crippen molar-refractivity contribution in [2.45, 2.75) is 26.2 Å². The minimum Gasteiger partial charge on any atom is -0.461 e. The quantitative estimate of drug-likeness (QED) is 0.278. The molecule has 0 saturated heterocycles. The second kappa shape index (κ2) is 10.2. The number of guanidine groups is 1. The molecule has 0 fully saturated rings. The van der Waals surface area contributed by atoms with Crippen molar-refractivity contribution in [3.63, 3.8) is 0 Å². The minimum atomic E-state index is 0. The Bertz CT molecular complexity index is 551. The lowest BCUT2D eigenvalue weighted by Gasteiger charge is -2.10. The third-order valence-corrected chi connectivity index (χ3v) is 2.97. The summed E-state index contributed by atoms with van der Waals surface area (Å²) in [6.07, 6.45) is 4.65. The molecule has 0 radical (unpaired) electrons. The molecule has 122 valence electrons. The van der Waals surface area contributed by atoms with Crippen molar-refractivity contribution in [3.05, 3.63) is 24.2 Å². The average molecular weight is 418 g/mol. The Labute approximate surface area is 147 Å². The van der Waals surface area contributed by atoms with Crippen LogP contribution in [0.4, 0.5) is 0 Å². The predicted octanol–water partition coefficient (Wildman–Crippen LogP) is 2.19. The van der Waals surface area contributed by atoms with E-state index in [0.717, 1.165) is 44.1 Å². The summed E-state index contributed by atoms with van der Waals surface area (Å²) in [4.78, 5) is 8.56. The Hall–Kier alpha value is -1.58. The van der Waals surface area contributed by atoms with Gasteiger partial charge in [-0.1, -0.05) is 13.3 Å². The summed E-state index contributed by atoms with van der Waals surface area (Å²) in [5.74, 6) is 2.88. The van der Waals surface area contributed by atoms with Crippen molar-refractivity contribution in [2.24, 2.45) is 4.99 Å². The molecule has 2 heterocycles. The maximum absolute atomic E-state index is 5.26. The molecule has 2 rings (SSSR count). The number of unbranched alkanes of at least 4 members (excludes halogenated alkanes) is 1. The molecule has 0 aliphatic rings. The molecule has 2 aromatic rings. The number of furan rings is 1. The first-order valence-electron chi connectivity index (χ1n) is 7.23. The molecule has 8 heteroatoms. The second-order valence-corrected chi connectivity index (χ2v) is 4.61. The van der Waals surface area contributed by atoms with E-state index in [2.05, 4.69) is 37.7 Å². The first-order valence-corrected chi connectivity index (χ1v) is 7.23. The van der Waals surface area contributed by atoms with Crippen molar-refractivity contribution in [3.8, 4) is 11.6 Å². The Morgan fingerprint density at radius 2 is 2.18 bits per heavy atom. The van der Waals surface area contributed by atoms with Gasteiger partial charge in [-0.05, 0) is 18.6 Å². The number of aromatic amines is 1. The molecule has 0 aromatic carbocycles. The van der Waals surface area contributed by atoms with Crippen molar-refractivity contribution < 1.29 is 4.42 Å². The number of hydrogen-bond acceptors (Lipinski definition) is 4. The first-order chi connectivity index (χ1) is 10.3. The van der Waals surface area contributed by atoms with Crippen molar-refractivity contribution in [2.75, 3.05) is 20.1 Å². The predicted molar refractivity (Wildman–Crippen MR) is 97.5 cm³/mol. The summed E-state index contributed by atoms with van der Waals surface area (Å²) < 4.78 is 5.26. The van der Waals surface area contributed by atoms with E-state index in [1.165, 1.54) is 0 Å². The van der Waals surface area contributed by atoms with E-state index in [4.69, 9.17) is 4.42 Å². The van der Waals surface area contributed by atoms with Gasteiger partial charge >= 0.3 is 0 Å². The van der Waals surface area contributed by atoms with E-state index < -0.39 is 0 Å². The molecule has 0 aliphatic heterocycles. The normalized spacial score (nSPS) is 11.1. The van der Waals surface area contributed by atoms with Gasteiger partial charge in [-0.2, -0.15) is 5.10 Å². The van der Waals surface area contributed by atoms with Crippen LogP contribution in [-0.2, 0) is 6.42 Å². The maximum Gasteiger partial charge on any atom is 0.216 e. The smallest absolute Gasteiger partial charge is 0.216 e. The average Bonchev–Trinajstić information content (AvgIpc) is 3.16. The van der Waals surface area contributed by atoms with E-state index in [1.807, 2.05) is 12.1 Å². The lowest BCUT2D eigenvalue weighted by molar-refractivity contribution is 0.577. The Morgan fingerprint density at radius 1 is 1.36 bits per heavy atom. The second-order valence-electron chi connectivity index (χ2n) is 4.61. The van der Waals surface area contributed by atoms with Gasteiger partial charge in [0.05, 0.1) is 6.26 Å². The van der Waals surface area contributed by atoms with Crippen LogP contribution in [0.25, 0.3) is 11.6 Å². The molecule has 7 nitrogen and oxygen atoms in total. The maximum atomic E-state index is 5.26. The van der Waals surface area contributed by atoms with Gasteiger partial charge in [0.1, 0.15) is 5.82 Å². The fraction of sp³-hybridized carbons (Fsp3) is 0.500. The van der Waals surface area contributed by atoms with E-state index in [0.29, 0.717) is 11.6 Å². The molecule has 0 atom stereocenters. The monoisotopic (exact) mass is 418 g/mol. The van der Waals surface area contributed by atoms with Gasteiger partial charge in [0.2, 0.25) is 5.82 Å². The molecule has 0 unspecified atom stereocenters. The molecule has 0 aliphatic carbocycles. The SMILES string of the molecule is CCCCNC(=NC)NCCc1nc(-c2ccco2)n[nH]1.I. The van der Waals surface area contributed by atoms with Crippen LogP contribution in [0.5, 0.6) is 0 Å². The van der Waals surface area contributed by atoms with Crippen LogP contribution in [-0.4, -0.2) is 41.3 Å². The topological polar surface area (TPSA) is 91.1 Å². The summed E-state index contributed by atoms with van der Waals surface area (Å²) in [5.41, 5.74) is 0. The fourth-order valence-corrected chi connectivity index (χ4v) is 1.83. The lowest BCUT2D eigenvalue weighted by atomic mass is 10.3. The zero-order valence-corrected chi connectivity index (χ0v) is 15.3. The first kappa shape index (κ1) is 18.5. The summed E-state index contributed by atoms with van der Waals surface area (Å²) in [7, 11) is 1.77. The lowest BCUT2D eigenvalue weighted by Crippen LogP contribution is -2.38. The zero-order valence-electron chi connectivity index (χ0n) is 12.9. The number of rotatable bonds is 7. The summed E-state index contributed by atoms with van der Waals surface area (Å²) in [6, 6.07) is 3.66. The van der Waals surface area contributed by atoms with Gasteiger partial charge in [0.25, 0.3) is 0 Å². The number of nitrogens with one attached hydrogen (secondary N) is 3. The van der Waals surface area contributed by atoms with E-state index in [9.17, 15) is 0 Å².